The standard InChI is InChI=1S/C30H41N5O3/c1-23-31-17-12-25(33-23)26-10-6-18-35(26)28(36)22-34-19-14-30(15-20-34)13-5-4-9-24-8-2-3-11-27(24)38-21-7-16-32-29(30)37/h2-3,8,11-12,17,26H,4-7,9-10,13-16,18-22H2,1H3,(H,32,37). The summed E-state index contributed by atoms with van der Waals surface area (Å²) >= 11 is 0. The van der Waals surface area contributed by atoms with Crippen molar-refractivity contribution in [3.8, 4) is 5.75 Å². The summed E-state index contributed by atoms with van der Waals surface area (Å²) in [6, 6.07) is 10.3. The second kappa shape index (κ2) is 12.2. The summed E-state index contributed by atoms with van der Waals surface area (Å²) in [5.74, 6) is 2.06. The molecule has 38 heavy (non-hydrogen) atoms. The van der Waals surface area contributed by atoms with Crippen LogP contribution in [0.3, 0.4) is 0 Å². The highest BCUT2D eigenvalue weighted by Crippen LogP contribution is 2.38. The Balaban J connectivity index is 1.18. The number of nitrogens with one attached hydrogen (secondary N) is 1. The number of carbonyl (C=O) groups is 2. The number of benzene rings is 1. The lowest BCUT2D eigenvalue weighted by Gasteiger charge is -2.41. The molecule has 204 valence electrons. The molecule has 0 saturated carbocycles. The maximum Gasteiger partial charge on any atom is 0.237 e. The molecular weight excluding hydrogens is 478 g/mol. The summed E-state index contributed by atoms with van der Waals surface area (Å²) in [6.07, 6.45) is 10.0. The molecule has 4 heterocycles. The van der Waals surface area contributed by atoms with Crippen LogP contribution in [-0.2, 0) is 16.0 Å². The molecule has 3 aliphatic rings. The van der Waals surface area contributed by atoms with E-state index in [4.69, 9.17) is 4.74 Å². The van der Waals surface area contributed by atoms with Crippen LogP contribution in [0.15, 0.2) is 36.5 Å². The van der Waals surface area contributed by atoms with Crippen LogP contribution in [0.2, 0.25) is 0 Å². The molecule has 8 heteroatoms. The zero-order chi connectivity index (χ0) is 26.4. The molecule has 2 amide bonds. The summed E-state index contributed by atoms with van der Waals surface area (Å²) < 4.78 is 6.01. The van der Waals surface area contributed by atoms with Crippen molar-refractivity contribution in [3.05, 3.63) is 53.6 Å². The van der Waals surface area contributed by atoms with Crippen LogP contribution in [-0.4, -0.2) is 70.9 Å². The number of ether oxygens (including phenoxy) is 1. The smallest absolute Gasteiger partial charge is 0.237 e. The lowest BCUT2D eigenvalue weighted by molar-refractivity contribution is -0.137. The van der Waals surface area contributed by atoms with Crippen molar-refractivity contribution in [2.45, 2.75) is 70.8 Å². The minimum Gasteiger partial charge on any atom is -0.493 e. The molecule has 8 nitrogen and oxygen atoms in total. The molecular formula is C30H41N5O3. The molecule has 2 fully saturated rings. The summed E-state index contributed by atoms with van der Waals surface area (Å²) in [4.78, 5) is 39.8. The van der Waals surface area contributed by atoms with E-state index >= 15 is 0 Å². The number of rotatable bonds is 3. The Morgan fingerprint density at radius 2 is 1.92 bits per heavy atom. The lowest BCUT2D eigenvalue weighted by atomic mass is 9.73. The van der Waals surface area contributed by atoms with Crippen LogP contribution in [0.1, 0.15) is 74.5 Å². The van der Waals surface area contributed by atoms with Gasteiger partial charge in [0.2, 0.25) is 11.8 Å². The molecule has 1 N–H and O–H groups in total. The average Bonchev–Trinajstić information content (AvgIpc) is 3.43. The van der Waals surface area contributed by atoms with Gasteiger partial charge in [-0.25, -0.2) is 9.97 Å². The highest BCUT2D eigenvalue weighted by Gasteiger charge is 2.41. The predicted octanol–water partition coefficient (Wildman–Crippen LogP) is 3.84. The molecule has 1 atom stereocenters. The van der Waals surface area contributed by atoms with Crippen molar-refractivity contribution in [2.24, 2.45) is 5.41 Å². The number of amides is 2. The van der Waals surface area contributed by atoms with Gasteiger partial charge in [0.25, 0.3) is 0 Å². The predicted molar refractivity (Wildman–Crippen MR) is 146 cm³/mol. The second-order valence-corrected chi connectivity index (χ2v) is 11.1. The van der Waals surface area contributed by atoms with Crippen LogP contribution in [0, 0.1) is 12.3 Å². The zero-order valence-electron chi connectivity index (χ0n) is 22.7. The van der Waals surface area contributed by atoms with E-state index in [0.717, 1.165) is 94.7 Å². The maximum absolute atomic E-state index is 13.4. The van der Waals surface area contributed by atoms with Crippen LogP contribution < -0.4 is 10.1 Å². The molecule has 0 radical (unpaired) electrons. The monoisotopic (exact) mass is 519 g/mol. The van der Waals surface area contributed by atoms with Gasteiger partial charge in [-0.2, -0.15) is 0 Å². The van der Waals surface area contributed by atoms with E-state index in [9.17, 15) is 9.59 Å². The number of hydrogen-bond donors (Lipinski definition) is 1. The van der Waals surface area contributed by atoms with Gasteiger partial charge >= 0.3 is 0 Å². The molecule has 2 saturated heterocycles. The number of fused-ring (bicyclic) bond motifs is 1. The summed E-state index contributed by atoms with van der Waals surface area (Å²) in [7, 11) is 0. The number of carbonyl (C=O) groups excluding carboxylic acids is 2. The average molecular weight is 520 g/mol. The summed E-state index contributed by atoms with van der Waals surface area (Å²) in [6.45, 7) is 5.86. The maximum atomic E-state index is 13.4. The number of hydrogen-bond acceptors (Lipinski definition) is 6. The van der Waals surface area contributed by atoms with Crippen molar-refractivity contribution < 1.29 is 14.3 Å². The first-order chi connectivity index (χ1) is 18.5. The number of likely N-dealkylation sites (tertiary alicyclic amines) is 2. The Morgan fingerprint density at radius 3 is 2.76 bits per heavy atom. The van der Waals surface area contributed by atoms with E-state index < -0.39 is 0 Å². The normalized spacial score (nSPS) is 22.9. The molecule has 2 aromatic rings. The molecule has 1 unspecified atom stereocenters. The fourth-order valence-electron chi connectivity index (χ4n) is 6.32. The Labute approximate surface area is 226 Å². The quantitative estimate of drug-likeness (QED) is 0.663. The Hall–Kier alpha value is -3.00. The Morgan fingerprint density at radius 1 is 1.08 bits per heavy atom. The van der Waals surface area contributed by atoms with E-state index in [1.165, 1.54) is 5.56 Å². The molecule has 0 aliphatic carbocycles. The first kappa shape index (κ1) is 26.6. The number of aromatic nitrogens is 2. The van der Waals surface area contributed by atoms with Crippen LogP contribution >= 0.6 is 0 Å². The van der Waals surface area contributed by atoms with E-state index in [-0.39, 0.29) is 23.3 Å². The number of para-hydroxylation sites is 1. The number of piperidine rings is 1. The summed E-state index contributed by atoms with van der Waals surface area (Å²) in [5.41, 5.74) is 1.85. The van der Waals surface area contributed by atoms with Crippen molar-refractivity contribution in [3.63, 3.8) is 0 Å². The van der Waals surface area contributed by atoms with Gasteiger partial charge in [0.05, 0.1) is 30.3 Å². The van der Waals surface area contributed by atoms with Gasteiger partial charge in [0.15, 0.2) is 0 Å². The van der Waals surface area contributed by atoms with Gasteiger partial charge in [-0.3, -0.25) is 14.5 Å². The Bertz CT molecular complexity index is 1110. The third-order valence-electron chi connectivity index (χ3n) is 8.55. The topological polar surface area (TPSA) is 87.7 Å². The van der Waals surface area contributed by atoms with Crippen LogP contribution in [0.25, 0.3) is 0 Å². The molecule has 0 bridgehead atoms. The van der Waals surface area contributed by atoms with E-state index in [1.807, 2.05) is 30.0 Å². The molecule has 5 rings (SSSR count). The minimum atomic E-state index is -0.345. The third-order valence-corrected chi connectivity index (χ3v) is 8.55. The largest absolute Gasteiger partial charge is 0.493 e. The van der Waals surface area contributed by atoms with E-state index in [1.54, 1.807) is 6.20 Å². The van der Waals surface area contributed by atoms with Gasteiger partial charge in [-0.1, -0.05) is 24.6 Å². The molecule has 1 aromatic heterocycles. The van der Waals surface area contributed by atoms with Crippen LogP contribution in [0.5, 0.6) is 5.75 Å². The van der Waals surface area contributed by atoms with E-state index in [2.05, 4.69) is 32.3 Å². The number of aryl methyl sites for hydroxylation is 2. The summed E-state index contributed by atoms with van der Waals surface area (Å²) in [5, 5.41) is 3.21. The Kier molecular flexibility index (Phi) is 8.57. The van der Waals surface area contributed by atoms with Gasteiger partial charge in [-0.15, -0.1) is 0 Å². The van der Waals surface area contributed by atoms with Crippen molar-refractivity contribution in [1.82, 2.24) is 25.1 Å². The fraction of sp³-hybridized carbons (Fsp3) is 0.600. The molecule has 1 aromatic carbocycles. The third kappa shape index (κ3) is 6.17. The SMILES string of the molecule is Cc1nccc(C2CCCN2C(=O)CN2CCC3(CCCCc4ccccc4OCCCNC3=O)CC2)n1. The zero-order valence-corrected chi connectivity index (χ0v) is 22.7. The van der Waals surface area contributed by atoms with Crippen molar-refractivity contribution in [2.75, 3.05) is 39.3 Å². The van der Waals surface area contributed by atoms with Crippen LogP contribution in [0.4, 0.5) is 0 Å². The first-order valence-electron chi connectivity index (χ1n) is 14.3. The van der Waals surface area contributed by atoms with E-state index in [0.29, 0.717) is 19.7 Å². The van der Waals surface area contributed by atoms with Crippen molar-refractivity contribution in [1.29, 1.82) is 0 Å². The highest BCUT2D eigenvalue weighted by atomic mass is 16.5. The first-order valence-corrected chi connectivity index (χ1v) is 14.3. The van der Waals surface area contributed by atoms with Gasteiger partial charge in [0, 0.05) is 19.3 Å². The minimum absolute atomic E-state index is 0.0376. The molecule has 3 aliphatic heterocycles. The van der Waals surface area contributed by atoms with Gasteiger partial charge < -0.3 is 15.0 Å². The van der Waals surface area contributed by atoms with Gasteiger partial charge in [-0.05, 0) is 89.1 Å². The van der Waals surface area contributed by atoms with Crippen molar-refractivity contribution >= 4 is 11.8 Å². The lowest BCUT2D eigenvalue weighted by Crippen LogP contribution is -2.51. The highest BCUT2D eigenvalue weighted by molar-refractivity contribution is 5.83. The molecule has 1 spiro atoms. The van der Waals surface area contributed by atoms with Gasteiger partial charge in [0.1, 0.15) is 11.6 Å². The fourth-order valence-corrected chi connectivity index (χ4v) is 6.32. The second-order valence-electron chi connectivity index (χ2n) is 11.1. The number of nitrogens with zero attached hydrogens (tertiary/aromatic N) is 4.